The Morgan fingerprint density at radius 2 is 1.83 bits per heavy atom. The molecule has 0 bridgehead atoms. The maximum Gasteiger partial charge on any atom is 0.411 e. The summed E-state index contributed by atoms with van der Waals surface area (Å²) in [5.74, 6) is -1.21. The Bertz CT molecular complexity index is 363. The molecule has 1 aromatic rings. The van der Waals surface area contributed by atoms with Gasteiger partial charge in [-0.1, -0.05) is 30.3 Å². The van der Waals surface area contributed by atoms with Gasteiger partial charge in [0, 0.05) is 20.6 Å². The fraction of sp³-hybridized carbons (Fsp3) is 0.462. The lowest BCUT2D eigenvalue weighted by Crippen LogP contribution is -2.53. The first-order valence-electron chi connectivity index (χ1n) is 5.75. The quantitative estimate of drug-likeness (QED) is 0.787. The molecule has 1 N–H and O–H groups in total. The fourth-order valence-electron chi connectivity index (χ4n) is 1.56. The fourth-order valence-corrected chi connectivity index (χ4v) is 1.56. The van der Waals surface area contributed by atoms with Crippen LogP contribution in [0.1, 0.15) is 12.5 Å². The predicted molar refractivity (Wildman–Crippen MR) is 67.1 cm³/mol. The van der Waals surface area contributed by atoms with Crippen LogP contribution in [-0.4, -0.2) is 32.8 Å². The molecule has 0 saturated carbocycles. The molecular weight excluding hydrogens is 234 g/mol. The van der Waals surface area contributed by atoms with Crippen molar-refractivity contribution in [3.05, 3.63) is 35.9 Å². The van der Waals surface area contributed by atoms with Crippen molar-refractivity contribution in [3.63, 3.8) is 0 Å². The van der Waals surface area contributed by atoms with Crippen LogP contribution in [0.15, 0.2) is 30.3 Å². The minimum absolute atomic E-state index is 0.292. The lowest BCUT2D eigenvalue weighted by molar-refractivity contribution is -0.220. The van der Waals surface area contributed by atoms with Crippen molar-refractivity contribution >= 4 is 6.09 Å². The van der Waals surface area contributed by atoms with Crippen LogP contribution in [0.3, 0.4) is 0 Å². The van der Waals surface area contributed by atoms with Crippen molar-refractivity contribution in [2.75, 3.05) is 20.8 Å². The van der Waals surface area contributed by atoms with Gasteiger partial charge in [0.1, 0.15) is 0 Å². The molecule has 0 aromatic heterocycles. The molecule has 0 spiro atoms. The molecule has 1 rings (SSSR count). The molecule has 5 heteroatoms. The van der Waals surface area contributed by atoms with E-state index in [2.05, 4.69) is 5.32 Å². The second-order valence-electron chi connectivity index (χ2n) is 3.67. The van der Waals surface area contributed by atoms with Crippen molar-refractivity contribution in [2.45, 2.75) is 19.3 Å². The molecule has 100 valence electrons. The molecule has 0 fully saturated rings. The second-order valence-corrected chi connectivity index (χ2v) is 3.67. The number of hydrogen-bond acceptors (Lipinski definition) is 4. The van der Waals surface area contributed by atoms with Gasteiger partial charge in [-0.3, -0.25) is 5.32 Å². The Morgan fingerprint density at radius 3 is 2.33 bits per heavy atom. The van der Waals surface area contributed by atoms with Gasteiger partial charge < -0.3 is 14.2 Å². The van der Waals surface area contributed by atoms with Crippen LogP contribution in [0, 0.1) is 0 Å². The number of rotatable bonds is 6. The van der Waals surface area contributed by atoms with E-state index < -0.39 is 12.0 Å². The number of carbonyl (C=O) groups excluding carboxylic acids is 1. The zero-order valence-corrected chi connectivity index (χ0v) is 10.9. The van der Waals surface area contributed by atoms with E-state index in [-0.39, 0.29) is 0 Å². The SMILES string of the molecule is CCOC(=O)NC(Cc1ccccc1)(OC)OC. The Morgan fingerprint density at radius 1 is 1.22 bits per heavy atom. The summed E-state index contributed by atoms with van der Waals surface area (Å²) in [5, 5.41) is 2.57. The van der Waals surface area contributed by atoms with Gasteiger partial charge in [-0.25, -0.2) is 4.79 Å². The highest BCUT2D eigenvalue weighted by molar-refractivity contribution is 5.67. The maximum absolute atomic E-state index is 11.5. The van der Waals surface area contributed by atoms with Crippen molar-refractivity contribution in [2.24, 2.45) is 0 Å². The Kier molecular flexibility index (Phi) is 5.61. The van der Waals surface area contributed by atoms with Gasteiger partial charge >= 0.3 is 6.09 Å². The van der Waals surface area contributed by atoms with E-state index >= 15 is 0 Å². The zero-order valence-electron chi connectivity index (χ0n) is 10.9. The van der Waals surface area contributed by atoms with E-state index in [1.54, 1.807) is 6.92 Å². The largest absolute Gasteiger partial charge is 0.450 e. The first-order chi connectivity index (χ1) is 8.65. The van der Waals surface area contributed by atoms with Crippen molar-refractivity contribution < 1.29 is 19.0 Å². The molecule has 0 aliphatic rings. The smallest absolute Gasteiger partial charge is 0.411 e. The molecule has 18 heavy (non-hydrogen) atoms. The van der Waals surface area contributed by atoms with E-state index in [9.17, 15) is 4.79 Å². The van der Waals surface area contributed by atoms with Crippen LogP contribution in [0.2, 0.25) is 0 Å². The maximum atomic E-state index is 11.5. The van der Waals surface area contributed by atoms with Crippen LogP contribution in [0.5, 0.6) is 0 Å². The minimum Gasteiger partial charge on any atom is -0.450 e. The van der Waals surface area contributed by atoms with Crippen molar-refractivity contribution in [1.82, 2.24) is 5.32 Å². The number of alkyl carbamates (subject to hydrolysis) is 1. The Hall–Kier alpha value is -1.59. The number of nitrogens with one attached hydrogen (secondary N) is 1. The Labute approximate surface area is 107 Å². The molecular formula is C13H19NO4. The lowest BCUT2D eigenvalue weighted by Gasteiger charge is -2.31. The number of hydrogen-bond donors (Lipinski definition) is 1. The molecule has 0 atom stereocenters. The van der Waals surface area contributed by atoms with Crippen LogP contribution >= 0.6 is 0 Å². The highest BCUT2D eigenvalue weighted by Crippen LogP contribution is 2.15. The summed E-state index contributed by atoms with van der Waals surface area (Å²) in [4.78, 5) is 11.5. The molecule has 0 saturated heterocycles. The van der Waals surface area contributed by atoms with Crippen LogP contribution in [0.25, 0.3) is 0 Å². The topological polar surface area (TPSA) is 56.8 Å². The van der Waals surface area contributed by atoms with Crippen LogP contribution in [0.4, 0.5) is 4.79 Å². The van der Waals surface area contributed by atoms with Gasteiger partial charge in [0.2, 0.25) is 0 Å². The zero-order chi connectivity index (χ0) is 13.4. The number of ether oxygens (including phenoxy) is 3. The summed E-state index contributed by atoms with van der Waals surface area (Å²) in [5.41, 5.74) is 0.984. The van der Waals surface area contributed by atoms with E-state index in [1.165, 1.54) is 14.2 Å². The molecule has 0 heterocycles. The van der Waals surface area contributed by atoms with Gasteiger partial charge in [-0.2, -0.15) is 0 Å². The number of carbonyl (C=O) groups is 1. The predicted octanol–water partition coefficient (Wildman–Crippen LogP) is 1.92. The molecule has 1 aromatic carbocycles. The van der Waals surface area contributed by atoms with E-state index in [0.29, 0.717) is 13.0 Å². The van der Waals surface area contributed by atoms with Crippen molar-refractivity contribution in [1.29, 1.82) is 0 Å². The summed E-state index contributed by atoms with van der Waals surface area (Å²) < 4.78 is 15.4. The van der Waals surface area contributed by atoms with E-state index in [4.69, 9.17) is 14.2 Å². The monoisotopic (exact) mass is 253 g/mol. The molecule has 5 nitrogen and oxygen atoms in total. The summed E-state index contributed by atoms with van der Waals surface area (Å²) in [6.45, 7) is 2.03. The third-order valence-electron chi connectivity index (χ3n) is 2.51. The van der Waals surface area contributed by atoms with Crippen LogP contribution < -0.4 is 5.32 Å². The second kappa shape index (κ2) is 6.98. The molecule has 1 amide bonds. The highest BCUT2D eigenvalue weighted by Gasteiger charge is 2.32. The average Bonchev–Trinajstić information content (AvgIpc) is 2.39. The van der Waals surface area contributed by atoms with Gasteiger partial charge in [0.25, 0.3) is 5.91 Å². The van der Waals surface area contributed by atoms with E-state index in [0.717, 1.165) is 5.56 Å². The normalized spacial score (nSPS) is 11.1. The van der Waals surface area contributed by atoms with Gasteiger partial charge in [0.05, 0.1) is 6.61 Å². The molecule has 0 aliphatic carbocycles. The molecule has 0 radical (unpaired) electrons. The summed E-state index contributed by atoms with van der Waals surface area (Å²) in [7, 11) is 2.94. The minimum atomic E-state index is -1.21. The van der Waals surface area contributed by atoms with E-state index in [1.807, 2.05) is 30.3 Å². The highest BCUT2D eigenvalue weighted by atomic mass is 16.7. The summed E-state index contributed by atoms with van der Waals surface area (Å²) in [6.07, 6.45) is -0.184. The average molecular weight is 253 g/mol. The summed E-state index contributed by atoms with van der Waals surface area (Å²) >= 11 is 0. The number of methoxy groups -OCH3 is 2. The van der Waals surface area contributed by atoms with Crippen molar-refractivity contribution in [3.8, 4) is 0 Å². The standard InChI is InChI=1S/C13H19NO4/c1-4-18-12(15)14-13(16-2,17-3)10-11-8-6-5-7-9-11/h5-9H,4,10H2,1-3H3,(H,14,15). The molecule has 0 aliphatic heterocycles. The number of benzene rings is 1. The summed E-state index contributed by atoms with van der Waals surface area (Å²) in [6, 6.07) is 9.61. The first kappa shape index (κ1) is 14.5. The third-order valence-corrected chi connectivity index (χ3v) is 2.51. The lowest BCUT2D eigenvalue weighted by atomic mass is 10.1. The molecule has 0 unspecified atom stereocenters. The third kappa shape index (κ3) is 4.01. The van der Waals surface area contributed by atoms with Gasteiger partial charge in [-0.15, -0.1) is 0 Å². The van der Waals surface area contributed by atoms with Gasteiger partial charge in [-0.05, 0) is 12.5 Å². The number of amides is 1. The first-order valence-corrected chi connectivity index (χ1v) is 5.75. The van der Waals surface area contributed by atoms with Gasteiger partial charge in [0.15, 0.2) is 0 Å². The van der Waals surface area contributed by atoms with Crippen LogP contribution in [-0.2, 0) is 20.6 Å². The Balaban J connectivity index is 2.76.